The van der Waals surface area contributed by atoms with E-state index in [1.807, 2.05) is 0 Å². The van der Waals surface area contributed by atoms with E-state index in [0.717, 1.165) is 15.6 Å². The number of thiophene rings is 1. The molecule has 4 heteroatoms. The molecule has 0 amide bonds. The van der Waals surface area contributed by atoms with E-state index in [1.165, 1.54) is 11.3 Å². The van der Waals surface area contributed by atoms with Gasteiger partial charge in [-0.25, -0.2) is 0 Å². The SMILES string of the molecule is N#Cc1cc2c(CO)ccc(Cl)c2s1. The van der Waals surface area contributed by atoms with Gasteiger partial charge in [0.2, 0.25) is 0 Å². The second-order valence-corrected chi connectivity index (χ2v) is 4.29. The Morgan fingerprint density at radius 3 is 2.93 bits per heavy atom. The van der Waals surface area contributed by atoms with Crippen LogP contribution >= 0.6 is 22.9 Å². The number of hydrogen-bond donors (Lipinski definition) is 1. The van der Waals surface area contributed by atoms with Crippen molar-refractivity contribution in [3.63, 3.8) is 0 Å². The summed E-state index contributed by atoms with van der Waals surface area (Å²) in [4.78, 5) is 0.614. The highest BCUT2D eigenvalue weighted by molar-refractivity contribution is 7.20. The van der Waals surface area contributed by atoms with E-state index in [4.69, 9.17) is 22.0 Å². The van der Waals surface area contributed by atoms with Gasteiger partial charge in [-0.1, -0.05) is 17.7 Å². The average Bonchev–Trinajstić information content (AvgIpc) is 2.63. The van der Waals surface area contributed by atoms with Crippen molar-refractivity contribution < 1.29 is 5.11 Å². The third-order valence-corrected chi connectivity index (χ3v) is 3.51. The first-order valence-electron chi connectivity index (χ1n) is 3.98. The summed E-state index contributed by atoms with van der Waals surface area (Å²) in [6.45, 7) is -0.0325. The van der Waals surface area contributed by atoms with Gasteiger partial charge in [0.15, 0.2) is 0 Å². The number of aliphatic hydroxyl groups is 1. The second kappa shape index (κ2) is 3.58. The van der Waals surface area contributed by atoms with Crippen LogP contribution in [0.15, 0.2) is 18.2 Å². The Morgan fingerprint density at radius 1 is 1.50 bits per heavy atom. The van der Waals surface area contributed by atoms with E-state index in [1.54, 1.807) is 18.2 Å². The monoisotopic (exact) mass is 223 g/mol. The zero-order valence-corrected chi connectivity index (χ0v) is 8.69. The van der Waals surface area contributed by atoms with Crippen molar-refractivity contribution in [3.8, 4) is 6.07 Å². The molecule has 0 spiro atoms. The van der Waals surface area contributed by atoms with Crippen LogP contribution < -0.4 is 0 Å². The van der Waals surface area contributed by atoms with Crippen LogP contribution in [0.3, 0.4) is 0 Å². The van der Waals surface area contributed by atoms with Crippen molar-refractivity contribution in [1.29, 1.82) is 5.26 Å². The molecule has 2 rings (SSSR count). The van der Waals surface area contributed by atoms with Crippen molar-refractivity contribution in [3.05, 3.63) is 33.7 Å². The first-order valence-corrected chi connectivity index (χ1v) is 5.17. The fourth-order valence-electron chi connectivity index (χ4n) is 1.34. The molecule has 0 fully saturated rings. The number of hydrogen-bond acceptors (Lipinski definition) is 3. The van der Waals surface area contributed by atoms with Gasteiger partial charge in [0.05, 0.1) is 16.3 Å². The average molecular weight is 224 g/mol. The van der Waals surface area contributed by atoms with E-state index in [2.05, 4.69) is 6.07 Å². The first-order chi connectivity index (χ1) is 6.76. The van der Waals surface area contributed by atoms with Crippen molar-refractivity contribution in [2.75, 3.05) is 0 Å². The molecule has 0 aliphatic heterocycles. The summed E-state index contributed by atoms with van der Waals surface area (Å²) < 4.78 is 0.870. The lowest BCUT2D eigenvalue weighted by molar-refractivity contribution is 0.283. The highest BCUT2D eigenvalue weighted by atomic mass is 35.5. The van der Waals surface area contributed by atoms with Gasteiger partial charge in [-0.3, -0.25) is 0 Å². The summed E-state index contributed by atoms with van der Waals surface area (Å²) in [5, 5.41) is 19.3. The van der Waals surface area contributed by atoms with Gasteiger partial charge in [-0.15, -0.1) is 11.3 Å². The Labute approximate surface area is 90.0 Å². The molecule has 0 saturated carbocycles. The molecule has 1 aromatic heterocycles. The van der Waals surface area contributed by atoms with Crippen LogP contribution in [0.5, 0.6) is 0 Å². The van der Waals surface area contributed by atoms with Crippen LogP contribution in [-0.2, 0) is 6.61 Å². The van der Waals surface area contributed by atoms with Crippen LogP contribution in [0, 0.1) is 11.3 Å². The van der Waals surface area contributed by atoms with Gasteiger partial charge in [0, 0.05) is 5.39 Å². The normalized spacial score (nSPS) is 10.4. The fraction of sp³-hybridized carbons (Fsp3) is 0.100. The molecule has 70 valence electrons. The highest BCUT2D eigenvalue weighted by Gasteiger charge is 2.08. The van der Waals surface area contributed by atoms with Gasteiger partial charge in [0.1, 0.15) is 10.9 Å². The third kappa shape index (κ3) is 1.38. The second-order valence-electron chi connectivity index (χ2n) is 2.83. The number of fused-ring (bicyclic) bond motifs is 1. The molecular weight excluding hydrogens is 218 g/mol. The molecule has 0 bridgehead atoms. The molecular formula is C10H6ClNOS. The van der Waals surface area contributed by atoms with E-state index in [-0.39, 0.29) is 6.61 Å². The van der Waals surface area contributed by atoms with Gasteiger partial charge in [-0.2, -0.15) is 5.26 Å². The third-order valence-electron chi connectivity index (χ3n) is 2.01. The van der Waals surface area contributed by atoms with Crippen LogP contribution in [0.4, 0.5) is 0 Å². The lowest BCUT2D eigenvalue weighted by Crippen LogP contribution is -1.82. The lowest BCUT2D eigenvalue weighted by Gasteiger charge is -1.99. The maximum atomic E-state index is 9.09. The topological polar surface area (TPSA) is 44.0 Å². The minimum atomic E-state index is -0.0325. The summed E-state index contributed by atoms with van der Waals surface area (Å²) in [7, 11) is 0. The number of rotatable bonds is 1. The predicted molar refractivity (Wildman–Crippen MR) is 57.5 cm³/mol. The quantitative estimate of drug-likeness (QED) is 0.808. The van der Waals surface area contributed by atoms with E-state index < -0.39 is 0 Å². The molecule has 0 aliphatic carbocycles. The van der Waals surface area contributed by atoms with Gasteiger partial charge in [0.25, 0.3) is 0 Å². The molecule has 1 N–H and O–H groups in total. The Morgan fingerprint density at radius 2 is 2.29 bits per heavy atom. The highest BCUT2D eigenvalue weighted by Crippen LogP contribution is 2.33. The maximum absolute atomic E-state index is 9.09. The Kier molecular flexibility index (Phi) is 2.42. The van der Waals surface area contributed by atoms with E-state index in [0.29, 0.717) is 9.90 Å². The molecule has 0 radical (unpaired) electrons. The Bertz CT molecular complexity index is 527. The van der Waals surface area contributed by atoms with Gasteiger partial charge >= 0.3 is 0 Å². The Balaban J connectivity index is 2.83. The number of nitrogens with zero attached hydrogens (tertiary/aromatic N) is 1. The Hall–Kier alpha value is -1.08. The van der Waals surface area contributed by atoms with Crippen LogP contribution in [0.1, 0.15) is 10.4 Å². The van der Waals surface area contributed by atoms with Gasteiger partial charge < -0.3 is 5.11 Å². The summed E-state index contributed by atoms with van der Waals surface area (Å²) in [5.41, 5.74) is 0.808. The molecule has 2 aromatic rings. The standard InChI is InChI=1S/C10H6ClNOS/c11-9-2-1-6(5-13)8-3-7(4-12)14-10(8)9/h1-3,13H,5H2. The van der Waals surface area contributed by atoms with Crippen molar-refractivity contribution in [2.24, 2.45) is 0 Å². The molecule has 0 aliphatic rings. The molecule has 1 aromatic carbocycles. The zero-order chi connectivity index (χ0) is 10.1. The zero-order valence-electron chi connectivity index (χ0n) is 7.12. The summed E-state index contributed by atoms with van der Waals surface area (Å²) >= 11 is 7.32. The maximum Gasteiger partial charge on any atom is 0.110 e. The van der Waals surface area contributed by atoms with Crippen LogP contribution in [-0.4, -0.2) is 5.11 Å². The van der Waals surface area contributed by atoms with E-state index in [9.17, 15) is 0 Å². The van der Waals surface area contributed by atoms with Crippen molar-refractivity contribution >= 4 is 33.0 Å². The van der Waals surface area contributed by atoms with Crippen molar-refractivity contribution in [2.45, 2.75) is 6.61 Å². The molecule has 1 heterocycles. The smallest absolute Gasteiger partial charge is 0.110 e. The minimum Gasteiger partial charge on any atom is -0.392 e. The summed E-state index contributed by atoms with van der Waals surface area (Å²) in [6.07, 6.45) is 0. The molecule has 0 saturated heterocycles. The van der Waals surface area contributed by atoms with Crippen LogP contribution in [0.25, 0.3) is 10.1 Å². The minimum absolute atomic E-state index is 0.0325. The molecule has 14 heavy (non-hydrogen) atoms. The largest absolute Gasteiger partial charge is 0.392 e. The molecule has 0 atom stereocenters. The molecule has 2 nitrogen and oxygen atoms in total. The first kappa shape index (κ1) is 9.47. The van der Waals surface area contributed by atoms with Crippen LogP contribution in [0.2, 0.25) is 5.02 Å². The van der Waals surface area contributed by atoms with Crippen molar-refractivity contribution in [1.82, 2.24) is 0 Å². The summed E-state index contributed by atoms with van der Waals surface area (Å²) in [5.74, 6) is 0. The van der Waals surface area contributed by atoms with E-state index >= 15 is 0 Å². The molecule has 0 unspecified atom stereocenters. The number of nitriles is 1. The predicted octanol–water partition coefficient (Wildman–Crippen LogP) is 2.92. The number of aliphatic hydroxyl groups excluding tert-OH is 1. The number of halogens is 1. The number of benzene rings is 1. The van der Waals surface area contributed by atoms with Gasteiger partial charge in [-0.05, 0) is 17.7 Å². The summed E-state index contributed by atoms with van der Waals surface area (Å²) in [6, 6.07) is 7.35. The lowest BCUT2D eigenvalue weighted by atomic mass is 10.1. The fourth-order valence-corrected chi connectivity index (χ4v) is 2.53.